The Bertz CT molecular complexity index is 594. The van der Waals surface area contributed by atoms with Crippen LogP contribution >= 0.6 is 11.3 Å². The van der Waals surface area contributed by atoms with E-state index in [4.69, 9.17) is 0 Å². The van der Waals surface area contributed by atoms with Gasteiger partial charge in [0.15, 0.2) is 0 Å². The Labute approximate surface area is 151 Å². The van der Waals surface area contributed by atoms with Crippen LogP contribution in [0, 0.1) is 16.7 Å². The summed E-state index contributed by atoms with van der Waals surface area (Å²) in [6.45, 7) is 5.20. The Morgan fingerprint density at radius 2 is 1.67 bits per heavy atom. The molecule has 1 aromatic rings. The maximum atomic E-state index is 4.44. The Morgan fingerprint density at radius 1 is 0.958 bits per heavy atom. The minimum absolute atomic E-state index is 0.283. The molecule has 4 bridgehead atoms. The predicted molar refractivity (Wildman–Crippen MR) is 102 cm³/mol. The Hall–Kier alpha value is -0.340. The minimum atomic E-state index is 0.283. The van der Waals surface area contributed by atoms with Gasteiger partial charge in [-0.15, -0.1) is 11.3 Å². The summed E-state index contributed by atoms with van der Waals surface area (Å²) >= 11 is 1.99. The second kappa shape index (κ2) is 5.10. The Morgan fingerprint density at radius 3 is 2.25 bits per heavy atom. The molecule has 1 heterocycles. The molecule has 0 saturated heterocycles. The van der Waals surface area contributed by atoms with Crippen LogP contribution in [-0.4, -0.2) is 5.54 Å². The van der Waals surface area contributed by atoms with Crippen LogP contribution in [0.15, 0.2) is 17.5 Å². The summed E-state index contributed by atoms with van der Waals surface area (Å²) in [5, 5.41) is 6.73. The summed E-state index contributed by atoms with van der Waals surface area (Å²) in [4.78, 5) is 1.62. The summed E-state index contributed by atoms with van der Waals surface area (Å²) in [5.74, 6) is 0.979. The topological polar surface area (TPSA) is 12.0 Å². The van der Waals surface area contributed by atoms with E-state index < -0.39 is 0 Å². The van der Waals surface area contributed by atoms with E-state index in [2.05, 4.69) is 36.7 Å². The molecule has 0 aliphatic heterocycles. The lowest BCUT2D eigenvalue weighted by molar-refractivity contribution is -0.128. The maximum absolute atomic E-state index is 4.44. The van der Waals surface area contributed by atoms with E-state index in [1.807, 2.05) is 11.3 Å². The fraction of sp³-hybridized carbons (Fsp3) is 0.818. The average Bonchev–Trinajstić information content (AvgIpc) is 2.98. The van der Waals surface area contributed by atoms with E-state index in [9.17, 15) is 0 Å². The molecule has 24 heavy (non-hydrogen) atoms. The third kappa shape index (κ3) is 2.43. The van der Waals surface area contributed by atoms with Gasteiger partial charge in [-0.3, -0.25) is 0 Å². The van der Waals surface area contributed by atoms with Crippen molar-refractivity contribution in [3.8, 4) is 0 Å². The maximum Gasteiger partial charge on any atom is 0.0532 e. The van der Waals surface area contributed by atoms with E-state index in [-0.39, 0.29) is 5.54 Å². The number of nitrogens with one attached hydrogen (secondary N) is 1. The van der Waals surface area contributed by atoms with Crippen LogP contribution in [0.3, 0.4) is 0 Å². The van der Waals surface area contributed by atoms with Gasteiger partial charge in [-0.25, -0.2) is 0 Å². The fourth-order valence-electron chi connectivity index (χ4n) is 8.23. The molecule has 0 amide bonds. The van der Waals surface area contributed by atoms with Gasteiger partial charge >= 0.3 is 0 Å². The van der Waals surface area contributed by atoms with Crippen molar-refractivity contribution in [2.45, 2.75) is 95.6 Å². The highest BCUT2D eigenvalue weighted by atomic mass is 32.1. The zero-order valence-electron chi connectivity index (χ0n) is 15.5. The molecule has 5 saturated carbocycles. The van der Waals surface area contributed by atoms with E-state index in [0.29, 0.717) is 16.4 Å². The fourth-order valence-corrected chi connectivity index (χ4v) is 9.18. The number of rotatable bonds is 3. The lowest BCUT2D eigenvalue weighted by Gasteiger charge is -2.67. The van der Waals surface area contributed by atoms with Gasteiger partial charge in [-0.1, -0.05) is 39.2 Å². The quantitative estimate of drug-likeness (QED) is 0.684. The molecule has 2 unspecified atom stereocenters. The highest BCUT2D eigenvalue weighted by Gasteiger charge is 2.61. The molecule has 0 aromatic carbocycles. The van der Waals surface area contributed by atoms with Crippen LogP contribution in [0.25, 0.3) is 0 Å². The minimum Gasteiger partial charge on any atom is -0.301 e. The number of hydrogen-bond donors (Lipinski definition) is 1. The van der Waals surface area contributed by atoms with E-state index in [1.54, 1.807) is 4.88 Å². The zero-order valence-corrected chi connectivity index (χ0v) is 16.3. The van der Waals surface area contributed by atoms with Crippen LogP contribution in [0.1, 0.15) is 89.4 Å². The van der Waals surface area contributed by atoms with Crippen molar-refractivity contribution >= 4 is 11.3 Å². The molecule has 5 aliphatic rings. The normalized spacial score (nSPS) is 46.3. The second-order valence-corrected chi connectivity index (χ2v) is 11.6. The van der Waals surface area contributed by atoms with Crippen LogP contribution in [0.5, 0.6) is 0 Å². The smallest absolute Gasteiger partial charge is 0.0532 e. The third-order valence-electron chi connectivity index (χ3n) is 7.83. The SMILES string of the molecule is CC12CC3CC(C)(C1)CC(NC1(c4cccs4)CCCCC1)(C3)C2. The first-order valence-corrected chi connectivity index (χ1v) is 11.1. The predicted octanol–water partition coefficient (Wildman–Crippen LogP) is 6.25. The van der Waals surface area contributed by atoms with Crippen molar-refractivity contribution in [1.29, 1.82) is 0 Å². The molecule has 5 fully saturated rings. The number of hydrogen-bond acceptors (Lipinski definition) is 2. The van der Waals surface area contributed by atoms with Crippen molar-refractivity contribution in [3.63, 3.8) is 0 Å². The molecule has 0 spiro atoms. The monoisotopic (exact) mass is 343 g/mol. The van der Waals surface area contributed by atoms with E-state index in [1.165, 1.54) is 70.6 Å². The van der Waals surface area contributed by atoms with Gasteiger partial charge in [0.05, 0.1) is 5.54 Å². The molecule has 1 N–H and O–H groups in total. The molecular weight excluding hydrogens is 310 g/mol. The standard InChI is InChI=1S/C22H33NS/c1-19-11-17-12-20(2,14-19)16-21(13-17,15-19)23-22(8-4-3-5-9-22)18-7-6-10-24-18/h6-7,10,17,23H,3-5,8-9,11-16H2,1-2H3. The van der Waals surface area contributed by atoms with Crippen LogP contribution < -0.4 is 5.32 Å². The molecular formula is C22H33NS. The summed E-state index contributed by atoms with van der Waals surface area (Å²) in [5.41, 5.74) is 1.91. The van der Waals surface area contributed by atoms with Gasteiger partial charge in [0.25, 0.3) is 0 Å². The van der Waals surface area contributed by atoms with Gasteiger partial charge in [-0.2, -0.15) is 0 Å². The first-order valence-electron chi connectivity index (χ1n) is 10.3. The van der Waals surface area contributed by atoms with Crippen LogP contribution in [0.2, 0.25) is 0 Å². The molecule has 6 rings (SSSR count). The van der Waals surface area contributed by atoms with E-state index >= 15 is 0 Å². The van der Waals surface area contributed by atoms with Gasteiger partial charge < -0.3 is 5.32 Å². The Kier molecular flexibility index (Phi) is 3.37. The lowest BCUT2D eigenvalue weighted by Crippen LogP contribution is -2.68. The summed E-state index contributed by atoms with van der Waals surface area (Å²) in [6.07, 6.45) is 15.7. The highest BCUT2D eigenvalue weighted by molar-refractivity contribution is 7.10. The molecule has 1 aromatic heterocycles. The van der Waals surface area contributed by atoms with Crippen molar-refractivity contribution in [2.24, 2.45) is 16.7 Å². The lowest BCUT2D eigenvalue weighted by atomic mass is 9.42. The largest absolute Gasteiger partial charge is 0.301 e. The molecule has 132 valence electrons. The zero-order chi connectivity index (χ0) is 16.5. The third-order valence-corrected chi connectivity index (χ3v) is 8.90. The highest BCUT2D eigenvalue weighted by Crippen LogP contribution is 2.67. The first kappa shape index (κ1) is 15.9. The molecule has 2 atom stereocenters. The summed E-state index contributed by atoms with van der Waals surface area (Å²) in [7, 11) is 0. The Balaban J connectivity index is 1.51. The van der Waals surface area contributed by atoms with Gasteiger partial charge in [-0.05, 0) is 79.6 Å². The van der Waals surface area contributed by atoms with Crippen molar-refractivity contribution < 1.29 is 0 Å². The molecule has 0 radical (unpaired) electrons. The molecule has 2 heteroatoms. The number of thiophene rings is 1. The van der Waals surface area contributed by atoms with Gasteiger partial charge in [0.1, 0.15) is 0 Å². The van der Waals surface area contributed by atoms with Crippen molar-refractivity contribution in [3.05, 3.63) is 22.4 Å². The van der Waals surface area contributed by atoms with Gasteiger partial charge in [0, 0.05) is 10.4 Å². The average molecular weight is 344 g/mol. The van der Waals surface area contributed by atoms with Crippen LogP contribution in [0.4, 0.5) is 0 Å². The van der Waals surface area contributed by atoms with E-state index in [0.717, 1.165) is 5.92 Å². The van der Waals surface area contributed by atoms with Gasteiger partial charge in [0.2, 0.25) is 0 Å². The second-order valence-electron chi connectivity index (χ2n) is 10.7. The summed E-state index contributed by atoms with van der Waals surface area (Å²) < 4.78 is 0. The van der Waals surface area contributed by atoms with Crippen LogP contribution in [-0.2, 0) is 5.54 Å². The summed E-state index contributed by atoms with van der Waals surface area (Å²) in [6, 6.07) is 4.67. The molecule has 1 nitrogen and oxygen atoms in total. The molecule has 5 aliphatic carbocycles. The van der Waals surface area contributed by atoms with Crippen molar-refractivity contribution in [2.75, 3.05) is 0 Å². The van der Waals surface area contributed by atoms with Crippen molar-refractivity contribution in [1.82, 2.24) is 5.32 Å². The first-order chi connectivity index (χ1) is 11.4.